The third-order valence-corrected chi connectivity index (χ3v) is 3.76. The van der Waals surface area contributed by atoms with Crippen molar-refractivity contribution in [1.82, 2.24) is 5.32 Å². The van der Waals surface area contributed by atoms with Crippen LogP contribution in [0.4, 0.5) is 13.2 Å². The van der Waals surface area contributed by atoms with Gasteiger partial charge in [0.25, 0.3) is 0 Å². The molecule has 2 rings (SSSR count). The fourth-order valence-corrected chi connectivity index (χ4v) is 2.71. The van der Waals surface area contributed by atoms with Crippen molar-refractivity contribution in [1.29, 1.82) is 0 Å². The second-order valence-corrected chi connectivity index (χ2v) is 5.10. The van der Waals surface area contributed by atoms with Crippen molar-refractivity contribution in [3.63, 3.8) is 0 Å². The van der Waals surface area contributed by atoms with E-state index in [-0.39, 0.29) is 6.04 Å². The van der Waals surface area contributed by atoms with E-state index >= 15 is 0 Å². The average Bonchev–Trinajstić information content (AvgIpc) is 2.45. The normalized spacial score (nSPS) is 19.0. The van der Waals surface area contributed by atoms with Crippen LogP contribution < -0.4 is 5.32 Å². The monoisotopic (exact) mass is 287 g/mol. The van der Waals surface area contributed by atoms with Crippen molar-refractivity contribution in [2.24, 2.45) is 5.92 Å². The maximum Gasteiger partial charge on any atom is 0.416 e. The molecule has 1 N–H and O–H groups in total. The van der Waals surface area contributed by atoms with E-state index in [0.29, 0.717) is 5.92 Å². The van der Waals surface area contributed by atoms with Gasteiger partial charge in [-0.2, -0.15) is 13.2 Å². The predicted octanol–water partition coefficient (Wildman–Crippen LogP) is 3.78. The standard InChI is InChI=1S/C15H20F3NO/c1-2-19-14(12-7-9-20-10-8-12)11-3-5-13(6-4-11)15(16,17)18/h3-6,12,14,19H,2,7-10H2,1H3. The Hall–Kier alpha value is -1.07. The number of alkyl halides is 3. The molecule has 1 aliphatic rings. The summed E-state index contributed by atoms with van der Waals surface area (Å²) in [6.07, 6.45) is -2.39. The van der Waals surface area contributed by atoms with Gasteiger partial charge < -0.3 is 10.1 Å². The van der Waals surface area contributed by atoms with E-state index in [0.717, 1.165) is 38.2 Å². The van der Waals surface area contributed by atoms with Gasteiger partial charge in [-0.05, 0) is 43.0 Å². The Balaban J connectivity index is 2.16. The van der Waals surface area contributed by atoms with E-state index in [1.807, 2.05) is 6.92 Å². The van der Waals surface area contributed by atoms with Crippen LogP contribution in [0.3, 0.4) is 0 Å². The van der Waals surface area contributed by atoms with Crippen LogP contribution in [0.1, 0.15) is 36.9 Å². The molecular formula is C15H20F3NO. The molecule has 112 valence electrons. The highest BCUT2D eigenvalue weighted by Gasteiger charge is 2.31. The summed E-state index contributed by atoms with van der Waals surface area (Å²) in [5.74, 6) is 0.417. The van der Waals surface area contributed by atoms with E-state index in [9.17, 15) is 13.2 Å². The van der Waals surface area contributed by atoms with Crippen LogP contribution in [0, 0.1) is 5.92 Å². The van der Waals surface area contributed by atoms with Gasteiger partial charge in [0.15, 0.2) is 0 Å². The number of hydrogen-bond donors (Lipinski definition) is 1. The summed E-state index contributed by atoms with van der Waals surface area (Å²) in [4.78, 5) is 0. The van der Waals surface area contributed by atoms with Gasteiger partial charge >= 0.3 is 6.18 Å². The molecule has 2 nitrogen and oxygen atoms in total. The molecule has 0 radical (unpaired) electrons. The first kappa shape index (κ1) is 15.3. The molecule has 0 spiro atoms. The average molecular weight is 287 g/mol. The number of halogens is 3. The first-order valence-electron chi connectivity index (χ1n) is 7.00. The molecule has 0 aliphatic carbocycles. The minimum Gasteiger partial charge on any atom is -0.381 e. The van der Waals surface area contributed by atoms with Crippen molar-refractivity contribution in [3.05, 3.63) is 35.4 Å². The number of benzene rings is 1. The third kappa shape index (κ3) is 3.73. The molecule has 5 heteroatoms. The van der Waals surface area contributed by atoms with Crippen LogP contribution in [0.15, 0.2) is 24.3 Å². The van der Waals surface area contributed by atoms with Crippen LogP contribution in [-0.2, 0) is 10.9 Å². The van der Waals surface area contributed by atoms with E-state index < -0.39 is 11.7 Å². The van der Waals surface area contributed by atoms with Gasteiger partial charge in [0.05, 0.1) is 5.56 Å². The fourth-order valence-electron chi connectivity index (χ4n) is 2.71. The fraction of sp³-hybridized carbons (Fsp3) is 0.600. The molecule has 0 bridgehead atoms. The number of ether oxygens (including phenoxy) is 1. The lowest BCUT2D eigenvalue weighted by atomic mass is 9.86. The van der Waals surface area contributed by atoms with Gasteiger partial charge in [0.1, 0.15) is 0 Å². The summed E-state index contributed by atoms with van der Waals surface area (Å²) in [5.41, 5.74) is 0.329. The summed E-state index contributed by atoms with van der Waals surface area (Å²) in [6.45, 7) is 4.26. The molecule has 1 fully saturated rings. The smallest absolute Gasteiger partial charge is 0.381 e. The summed E-state index contributed by atoms with van der Waals surface area (Å²) >= 11 is 0. The highest BCUT2D eigenvalue weighted by molar-refractivity contribution is 5.27. The Morgan fingerprint density at radius 3 is 2.30 bits per heavy atom. The largest absolute Gasteiger partial charge is 0.416 e. The van der Waals surface area contributed by atoms with Gasteiger partial charge in [-0.1, -0.05) is 19.1 Å². The Morgan fingerprint density at radius 2 is 1.80 bits per heavy atom. The Bertz CT molecular complexity index is 410. The minimum absolute atomic E-state index is 0.103. The number of rotatable bonds is 4. The van der Waals surface area contributed by atoms with Crippen molar-refractivity contribution in [2.45, 2.75) is 32.0 Å². The maximum absolute atomic E-state index is 12.6. The molecule has 1 saturated heterocycles. The second-order valence-electron chi connectivity index (χ2n) is 5.10. The maximum atomic E-state index is 12.6. The molecule has 0 saturated carbocycles. The predicted molar refractivity (Wildman–Crippen MR) is 71.4 cm³/mol. The summed E-state index contributed by atoms with van der Waals surface area (Å²) in [7, 11) is 0. The molecular weight excluding hydrogens is 267 g/mol. The highest BCUT2D eigenvalue weighted by atomic mass is 19.4. The Labute approximate surface area is 117 Å². The molecule has 1 atom stereocenters. The van der Waals surface area contributed by atoms with Gasteiger partial charge in [-0.3, -0.25) is 0 Å². The zero-order chi connectivity index (χ0) is 14.6. The molecule has 0 aromatic heterocycles. The summed E-state index contributed by atoms with van der Waals surface area (Å²) in [5, 5.41) is 3.39. The van der Waals surface area contributed by atoms with Gasteiger partial charge in [-0.15, -0.1) is 0 Å². The lowest BCUT2D eigenvalue weighted by molar-refractivity contribution is -0.137. The number of nitrogens with one attached hydrogen (secondary N) is 1. The van der Waals surface area contributed by atoms with E-state index in [4.69, 9.17) is 4.74 Å². The third-order valence-electron chi connectivity index (χ3n) is 3.76. The zero-order valence-electron chi connectivity index (χ0n) is 11.5. The topological polar surface area (TPSA) is 21.3 Å². The quantitative estimate of drug-likeness (QED) is 0.910. The van der Waals surface area contributed by atoms with Gasteiger partial charge in [0.2, 0.25) is 0 Å². The lowest BCUT2D eigenvalue weighted by Crippen LogP contribution is -2.32. The summed E-state index contributed by atoms with van der Waals surface area (Å²) < 4.78 is 43.1. The zero-order valence-corrected chi connectivity index (χ0v) is 11.5. The Morgan fingerprint density at radius 1 is 1.20 bits per heavy atom. The lowest BCUT2D eigenvalue weighted by Gasteiger charge is -2.31. The van der Waals surface area contributed by atoms with Crippen molar-refractivity contribution < 1.29 is 17.9 Å². The van der Waals surface area contributed by atoms with Crippen molar-refractivity contribution in [2.75, 3.05) is 19.8 Å². The first-order valence-corrected chi connectivity index (χ1v) is 7.00. The molecule has 1 aromatic carbocycles. The highest BCUT2D eigenvalue weighted by Crippen LogP contribution is 2.33. The molecule has 1 aliphatic heterocycles. The number of hydrogen-bond acceptors (Lipinski definition) is 2. The van der Waals surface area contributed by atoms with Crippen LogP contribution in [-0.4, -0.2) is 19.8 Å². The summed E-state index contributed by atoms with van der Waals surface area (Å²) in [6, 6.07) is 5.61. The molecule has 1 unspecified atom stereocenters. The van der Waals surface area contributed by atoms with Crippen LogP contribution in [0.25, 0.3) is 0 Å². The van der Waals surface area contributed by atoms with Crippen LogP contribution in [0.5, 0.6) is 0 Å². The first-order chi connectivity index (χ1) is 9.52. The SMILES string of the molecule is CCNC(c1ccc(C(F)(F)F)cc1)C1CCOCC1. The second kappa shape index (κ2) is 6.59. The minimum atomic E-state index is -4.27. The van der Waals surface area contributed by atoms with E-state index in [2.05, 4.69) is 5.32 Å². The van der Waals surface area contributed by atoms with Crippen molar-refractivity contribution >= 4 is 0 Å². The Kier molecular flexibility index (Phi) is 5.05. The van der Waals surface area contributed by atoms with Crippen LogP contribution in [0.2, 0.25) is 0 Å². The molecule has 0 amide bonds. The van der Waals surface area contributed by atoms with Gasteiger partial charge in [-0.25, -0.2) is 0 Å². The molecule has 1 aromatic rings. The van der Waals surface area contributed by atoms with Gasteiger partial charge in [0, 0.05) is 19.3 Å². The van der Waals surface area contributed by atoms with E-state index in [1.54, 1.807) is 12.1 Å². The van der Waals surface area contributed by atoms with Crippen LogP contribution >= 0.6 is 0 Å². The van der Waals surface area contributed by atoms with E-state index in [1.165, 1.54) is 12.1 Å². The van der Waals surface area contributed by atoms with Crippen molar-refractivity contribution in [3.8, 4) is 0 Å². The molecule has 20 heavy (non-hydrogen) atoms. The molecule has 1 heterocycles.